The van der Waals surface area contributed by atoms with E-state index in [-0.39, 0.29) is 5.91 Å². The van der Waals surface area contributed by atoms with E-state index in [0.29, 0.717) is 11.3 Å². The number of amides is 1. The van der Waals surface area contributed by atoms with E-state index in [1.807, 2.05) is 67.6 Å². The number of esters is 1. The summed E-state index contributed by atoms with van der Waals surface area (Å²) >= 11 is 1.49. The summed E-state index contributed by atoms with van der Waals surface area (Å²) in [5, 5.41) is 2.55. The van der Waals surface area contributed by atoms with Gasteiger partial charge in [-0.2, -0.15) is 0 Å². The van der Waals surface area contributed by atoms with Gasteiger partial charge < -0.3 is 10.1 Å². The van der Waals surface area contributed by atoms with Gasteiger partial charge in [0, 0.05) is 10.6 Å². The van der Waals surface area contributed by atoms with Crippen LogP contribution in [0.3, 0.4) is 0 Å². The highest BCUT2D eigenvalue weighted by atomic mass is 32.2. The second-order valence-corrected chi connectivity index (χ2v) is 7.41. The largest absolute Gasteiger partial charge is 0.465 e. The first-order valence-corrected chi connectivity index (χ1v) is 9.73. The van der Waals surface area contributed by atoms with Gasteiger partial charge in [0.15, 0.2) is 0 Å². The molecule has 1 N–H and O–H groups in total. The van der Waals surface area contributed by atoms with Crippen LogP contribution in [0.5, 0.6) is 0 Å². The zero-order valence-corrected chi connectivity index (χ0v) is 16.5. The van der Waals surface area contributed by atoms with Gasteiger partial charge in [0.1, 0.15) is 5.25 Å². The highest BCUT2D eigenvalue weighted by Crippen LogP contribution is 2.36. The summed E-state index contributed by atoms with van der Waals surface area (Å²) in [5.41, 5.74) is 2.78. The van der Waals surface area contributed by atoms with Crippen molar-refractivity contribution >= 4 is 29.3 Å². The highest BCUT2D eigenvalue weighted by molar-refractivity contribution is 8.00. The van der Waals surface area contributed by atoms with Gasteiger partial charge in [0.2, 0.25) is 5.91 Å². The fourth-order valence-corrected chi connectivity index (χ4v) is 3.78. The number of carbonyl (C=O) groups excluding carboxylic acids is 2. The molecule has 0 spiro atoms. The van der Waals surface area contributed by atoms with Crippen molar-refractivity contribution in [3.8, 4) is 0 Å². The van der Waals surface area contributed by atoms with Crippen LogP contribution >= 0.6 is 11.8 Å². The zero-order chi connectivity index (χ0) is 19.9. The number of benzene rings is 3. The Hall–Kier alpha value is -3.05. The molecule has 0 saturated carbocycles. The predicted molar refractivity (Wildman–Crippen MR) is 113 cm³/mol. The van der Waals surface area contributed by atoms with E-state index in [9.17, 15) is 9.59 Å². The maximum absolute atomic E-state index is 13.2. The third-order valence-corrected chi connectivity index (χ3v) is 5.52. The van der Waals surface area contributed by atoms with E-state index in [0.717, 1.165) is 16.0 Å². The fourth-order valence-electron chi connectivity index (χ4n) is 2.74. The van der Waals surface area contributed by atoms with E-state index in [1.54, 1.807) is 18.2 Å². The van der Waals surface area contributed by atoms with Gasteiger partial charge in [-0.05, 0) is 42.3 Å². The molecule has 0 aliphatic carbocycles. The molecular formula is C23H21NO3S. The molecule has 1 atom stereocenters. The van der Waals surface area contributed by atoms with Crippen molar-refractivity contribution in [2.75, 3.05) is 12.4 Å². The Bertz CT molecular complexity index is 958. The van der Waals surface area contributed by atoms with E-state index in [2.05, 4.69) is 5.32 Å². The molecule has 0 unspecified atom stereocenters. The van der Waals surface area contributed by atoms with Crippen LogP contribution in [0.15, 0.2) is 83.8 Å². The number of ether oxygens (including phenoxy) is 1. The number of methoxy groups -OCH3 is 1. The summed E-state index contributed by atoms with van der Waals surface area (Å²) in [6, 6.07) is 24.6. The van der Waals surface area contributed by atoms with Crippen LogP contribution in [0.4, 0.5) is 5.69 Å². The Kier molecular flexibility index (Phi) is 6.50. The standard InChI is InChI=1S/C23H21NO3S/c1-16-13-14-18(23(26)27-2)15-20(16)24-22(25)21(17-9-5-3-6-10-17)28-19-11-7-4-8-12-19/h3-15,21H,1-2H3,(H,24,25)/t21-/m1/s1. The molecule has 3 rings (SSSR count). The van der Waals surface area contributed by atoms with Crippen LogP contribution in [0.1, 0.15) is 26.7 Å². The molecule has 1 amide bonds. The van der Waals surface area contributed by atoms with Crippen molar-refractivity contribution in [2.24, 2.45) is 0 Å². The smallest absolute Gasteiger partial charge is 0.337 e. The first-order chi connectivity index (χ1) is 13.6. The Morgan fingerprint density at radius 3 is 2.21 bits per heavy atom. The van der Waals surface area contributed by atoms with Gasteiger partial charge in [-0.25, -0.2) is 4.79 Å². The Morgan fingerprint density at radius 2 is 1.57 bits per heavy atom. The van der Waals surface area contributed by atoms with E-state index < -0.39 is 11.2 Å². The second kappa shape index (κ2) is 9.24. The maximum Gasteiger partial charge on any atom is 0.337 e. The molecule has 142 valence electrons. The maximum atomic E-state index is 13.2. The average Bonchev–Trinajstić information content (AvgIpc) is 2.74. The zero-order valence-electron chi connectivity index (χ0n) is 15.7. The first kappa shape index (κ1) is 19.7. The molecule has 5 heteroatoms. The minimum Gasteiger partial charge on any atom is -0.465 e. The minimum atomic E-state index is -0.436. The van der Waals surface area contributed by atoms with E-state index >= 15 is 0 Å². The van der Waals surface area contributed by atoms with Gasteiger partial charge in [0.25, 0.3) is 0 Å². The summed E-state index contributed by atoms with van der Waals surface area (Å²) in [7, 11) is 1.34. The molecule has 0 saturated heterocycles. The van der Waals surface area contributed by atoms with Crippen LogP contribution in [0.25, 0.3) is 0 Å². The number of rotatable bonds is 6. The third kappa shape index (κ3) is 4.81. The van der Waals surface area contributed by atoms with Crippen LogP contribution in [-0.4, -0.2) is 19.0 Å². The van der Waals surface area contributed by atoms with Crippen LogP contribution in [-0.2, 0) is 9.53 Å². The Morgan fingerprint density at radius 1 is 0.929 bits per heavy atom. The number of thioether (sulfide) groups is 1. The molecule has 3 aromatic carbocycles. The summed E-state index contributed by atoms with van der Waals surface area (Å²) in [4.78, 5) is 26.0. The molecule has 4 nitrogen and oxygen atoms in total. The van der Waals surface area contributed by atoms with Crippen molar-refractivity contribution in [1.29, 1.82) is 0 Å². The molecule has 0 radical (unpaired) electrons. The molecular weight excluding hydrogens is 370 g/mol. The topological polar surface area (TPSA) is 55.4 Å². The normalized spacial score (nSPS) is 11.5. The SMILES string of the molecule is COC(=O)c1ccc(C)c(NC(=O)[C@H](Sc2ccccc2)c2ccccc2)c1. The van der Waals surface area contributed by atoms with Gasteiger partial charge in [-0.1, -0.05) is 54.6 Å². The Balaban J connectivity index is 1.89. The quantitative estimate of drug-likeness (QED) is 0.460. The monoisotopic (exact) mass is 391 g/mol. The van der Waals surface area contributed by atoms with E-state index in [1.165, 1.54) is 18.9 Å². The summed E-state index contributed by atoms with van der Waals surface area (Å²) in [6.45, 7) is 1.89. The molecule has 3 aromatic rings. The van der Waals surface area contributed by atoms with Crippen molar-refractivity contribution in [3.05, 3.63) is 95.6 Å². The summed E-state index contributed by atoms with van der Waals surface area (Å²) < 4.78 is 4.78. The van der Waals surface area contributed by atoms with Crippen molar-refractivity contribution < 1.29 is 14.3 Å². The predicted octanol–water partition coefficient (Wildman–Crippen LogP) is 5.25. The number of hydrogen-bond donors (Lipinski definition) is 1. The lowest BCUT2D eigenvalue weighted by molar-refractivity contribution is -0.115. The van der Waals surface area contributed by atoms with Crippen LogP contribution in [0.2, 0.25) is 0 Å². The summed E-state index contributed by atoms with van der Waals surface area (Å²) in [5.74, 6) is -0.584. The molecule has 0 aliphatic rings. The summed E-state index contributed by atoms with van der Waals surface area (Å²) in [6.07, 6.45) is 0. The first-order valence-electron chi connectivity index (χ1n) is 8.85. The number of aryl methyl sites for hydroxylation is 1. The van der Waals surface area contributed by atoms with Gasteiger partial charge in [0.05, 0.1) is 12.7 Å². The fraction of sp³-hybridized carbons (Fsp3) is 0.130. The lowest BCUT2D eigenvalue weighted by atomic mass is 10.1. The lowest BCUT2D eigenvalue weighted by Crippen LogP contribution is -2.20. The average molecular weight is 391 g/mol. The molecule has 0 heterocycles. The number of nitrogens with one attached hydrogen (secondary N) is 1. The van der Waals surface area contributed by atoms with Gasteiger partial charge >= 0.3 is 5.97 Å². The molecule has 0 aliphatic heterocycles. The lowest BCUT2D eigenvalue weighted by Gasteiger charge is -2.18. The van der Waals surface area contributed by atoms with Gasteiger partial charge in [-0.15, -0.1) is 11.8 Å². The molecule has 0 aromatic heterocycles. The van der Waals surface area contributed by atoms with Gasteiger partial charge in [-0.3, -0.25) is 4.79 Å². The van der Waals surface area contributed by atoms with Crippen molar-refractivity contribution in [1.82, 2.24) is 0 Å². The minimum absolute atomic E-state index is 0.148. The number of anilines is 1. The highest BCUT2D eigenvalue weighted by Gasteiger charge is 2.23. The second-order valence-electron chi connectivity index (χ2n) is 6.23. The molecule has 28 heavy (non-hydrogen) atoms. The Labute approximate surface area is 168 Å². The third-order valence-electron chi connectivity index (χ3n) is 4.25. The van der Waals surface area contributed by atoms with Crippen LogP contribution < -0.4 is 5.32 Å². The molecule has 0 bridgehead atoms. The van der Waals surface area contributed by atoms with Crippen molar-refractivity contribution in [3.63, 3.8) is 0 Å². The van der Waals surface area contributed by atoms with E-state index in [4.69, 9.17) is 4.74 Å². The van der Waals surface area contributed by atoms with Crippen LogP contribution in [0, 0.1) is 6.92 Å². The number of carbonyl (C=O) groups is 2. The molecule has 0 fully saturated rings. The van der Waals surface area contributed by atoms with Crippen molar-refractivity contribution in [2.45, 2.75) is 17.1 Å². The number of hydrogen-bond acceptors (Lipinski definition) is 4.